The van der Waals surface area contributed by atoms with Crippen molar-refractivity contribution >= 4 is 11.7 Å². The molecule has 6 heteroatoms. The molecule has 0 bridgehead atoms. The van der Waals surface area contributed by atoms with E-state index >= 15 is 0 Å². The number of rotatable bonds is 8. The standard InChI is InChI=1S/C17H23N5O/c1-3-9-22(10-4-2)17(23)15-12-21-16(13-19-15)20-11-14-5-7-18-8-6-14/h5-8,12-13H,3-4,9-11H2,1-2H3,(H,20,21). The van der Waals surface area contributed by atoms with Gasteiger partial charge < -0.3 is 10.2 Å². The molecule has 0 aliphatic carbocycles. The van der Waals surface area contributed by atoms with Crippen LogP contribution in [0.1, 0.15) is 42.7 Å². The van der Waals surface area contributed by atoms with Gasteiger partial charge in [0, 0.05) is 32.0 Å². The Kier molecular flexibility index (Phi) is 6.47. The minimum atomic E-state index is -0.0538. The van der Waals surface area contributed by atoms with Gasteiger partial charge in [-0.1, -0.05) is 13.8 Å². The highest BCUT2D eigenvalue weighted by molar-refractivity contribution is 5.92. The smallest absolute Gasteiger partial charge is 0.274 e. The third-order valence-electron chi connectivity index (χ3n) is 3.37. The summed E-state index contributed by atoms with van der Waals surface area (Å²) in [7, 11) is 0. The first-order valence-electron chi connectivity index (χ1n) is 7.98. The van der Waals surface area contributed by atoms with Gasteiger partial charge in [0.1, 0.15) is 11.5 Å². The number of pyridine rings is 1. The second-order valence-corrected chi connectivity index (χ2v) is 5.29. The van der Waals surface area contributed by atoms with Crippen molar-refractivity contribution in [1.29, 1.82) is 0 Å². The molecule has 0 aliphatic rings. The highest BCUT2D eigenvalue weighted by Crippen LogP contribution is 2.07. The van der Waals surface area contributed by atoms with E-state index in [-0.39, 0.29) is 5.91 Å². The molecule has 2 aromatic heterocycles. The van der Waals surface area contributed by atoms with Crippen LogP contribution in [0.15, 0.2) is 36.9 Å². The van der Waals surface area contributed by atoms with Crippen LogP contribution in [0.5, 0.6) is 0 Å². The lowest BCUT2D eigenvalue weighted by Gasteiger charge is -2.20. The average molecular weight is 313 g/mol. The van der Waals surface area contributed by atoms with Gasteiger partial charge in [0.15, 0.2) is 0 Å². The molecule has 0 unspecified atom stereocenters. The topological polar surface area (TPSA) is 71.0 Å². The van der Waals surface area contributed by atoms with Crippen LogP contribution in [0.4, 0.5) is 5.82 Å². The van der Waals surface area contributed by atoms with Crippen molar-refractivity contribution in [3.05, 3.63) is 48.2 Å². The molecule has 2 aromatic rings. The fourth-order valence-corrected chi connectivity index (χ4v) is 2.24. The Morgan fingerprint density at radius 2 is 1.78 bits per heavy atom. The molecule has 0 aromatic carbocycles. The van der Waals surface area contributed by atoms with Crippen LogP contribution in [0, 0.1) is 0 Å². The number of carbonyl (C=O) groups excluding carboxylic acids is 1. The van der Waals surface area contributed by atoms with E-state index in [4.69, 9.17) is 0 Å². The zero-order chi connectivity index (χ0) is 16.5. The van der Waals surface area contributed by atoms with Crippen LogP contribution in [0.25, 0.3) is 0 Å². The van der Waals surface area contributed by atoms with E-state index in [0.29, 0.717) is 18.1 Å². The van der Waals surface area contributed by atoms with Crippen LogP contribution < -0.4 is 5.32 Å². The van der Waals surface area contributed by atoms with Gasteiger partial charge in [0.05, 0.1) is 12.4 Å². The number of anilines is 1. The van der Waals surface area contributed by atoms with Crippen molar-refractivity contribution in [2.45, 2.75) is 33.2 Å². The molecule has 2 heterocycles. The van der Waals surface area contributed by atoms with Gasteiger partial charge in [-0.05, 0) is 30.5 Å². The summed E-state index contributed by atoms with van der Waals surface area (Å²) in [5.74, 6) is 0.595. The predicted octanol–water partition coefficient (Wildman–Crippen LogP) is 2.75. The van der Waals surface area contributed by atoms with Crippen molar-refractivity contribution in [3.8, 4) is 0 Å². The van der Waals surface area contributed by atoms with Gasteiger partial charge in [-0.15, -0.1) is 0 Å². The fraction of sp³-hybridized carbons (Fsp3) is 0.412. The SMILES string of the molecule is CCCN(CCC)C(=O)c1cnc(NCc2ccncc2)cn1. The van der Waals surface area contributed by atoms with Crippen LogP contribution in [0.2, 0.25) is 0 Å². The van der Waals surface area contributed by atoms with Crippen LogP contribution in [0.3, 0.4) is 0 Å². The summed E-state index contributed by atoms with van der Waals surface area (Å²) >= 11 is 0. The minimum absolute atomic E-state index is 0.0538. The van der Waals surface area contributed by atoms with Gasteiger partial charge in [-0.2, -0.15) is 0 Å². The fourth-order valence-electron chi connectivity index (χ4n) is 2.24. The van der Waals surface area contributed by atoms with E-state index in [9.17, 15) is 4.79 Å². The van der Waals surface area contributed by atoms with Crippen molar-refractivity contribution in [2.24, 2.45) is 0 Å². The van der Waals surface area contributed by atoms with Crippen LogP contribution in [-0.2, 0) is 6.54 Å². The number of carbonyl (C=O) groups is 1. The predicted molar refractivity (Wildman–Crippen MR) is 90.1 cm³/mol. The highest BCUT2D eigenvalue weighted by atomic mass is 16.2. The number of hydrogen-bond acceptors (Lipinski definition) is 5. The van der Waals surface area contributed by atoms with Crippen LogP contribution >= 0.6 is 0 Å². The monoisotopic (exact) mass is 313 g/mol. The van der Waals surface area contributed by atoms with E-state index in [1.54, 1.807) is 18.6 Å². The Hall–Kier alpha value is -2.50. The number of aromatic nitrogens is 3. The summed E-state index contributed by atoms with van der Waals surface area (Å²) in [5, 5.41) is 3.18. The molecule has 0 saturated heterocycles. The van der Waals surface area contributed by atoms with E-state index in [0.717, 1.165) is 31.5 Å². The van der Waals surface area contributed by atoms with E-state index < -0.39 is 0 Å². The summed E-state index contributed by atoms with van der Waals surface area (Å²) in [6.07, 6.45) is 8.51. The molecule has 1 N–H and O–H groups in total. The van der Waals surface area contributed by atoms with Gasteiger partial charge in [-0.25, -0.2) is 9.97 Å². The molecule has 6 nitrogen and oxygen atoms in total. The number of nitrogens with one attached hydrogen (secondary N) is 1. The van der Waals surface area contributed by atoms with Crippen molar-refractivity contribution < 1.29 is 4.79 Å². The zero-order valence-electron chi connectivity index (χ0n) is 13.7. The maximum atomic E-state index is 12.4. The summed E-state index contributed by atoms with van der Waals surface area (Å²) in [6, 6.07) is 3.87. The summed E-state index contributed by atoms with van der Waals surface area (Å²) < 4.78 is 0. The van der Waals surface area contributed by atoms with Gasteiger partial charge in [-0.3, -0.25) is 9.78 Å². The molecule has 0 aliphatic heterocycles. The second-order valence-electron chi connectivity index (χ2n) is 5.29. The lowest BCUT2D eigenvalue weighted by molar-refractivity contribution is 0.0749. The number of nitrogens with zero attached hydrogens (tertiary/aromatic N) is 4. The molecule has 122 valence electrons. The molecule has 1 amide bonds. The first kappa shape index (κ1) is 16.9. The van der Waals surface area contributed by atoms with Gasteiger partial charge >= 0.3 is 0 Å². The third-order valence-corrected chi connectivity index (χ3v) is 3.37. The van der Waals surface area contributed by atoms with E-state index in [1.807, 2.05) is 17.0 Å². The Balaban J connectivity index is 1.96. The summed E-state index contributed by atoms with van der Waals surface area (Å²) in [5.41, 5.74) is 1.50. The Labute approximate surface area is 137 Å². The quantitative estimate of drug-likeness (QED) is 0.811. The van der Waals surface area contributed by atoms with Crippen molar-refractivity contribution in [2.75, 3.05) is 18.4 Å². The third kappa shape index (κ3) is 5.02. The lowest BCUT2D eigenvalue weighted by atomic mass is 10.3. The van der Waals surface area contributed by atoms with Gasteiger partial charge in [0.25, 0.3) is 5.91 Å². The molecule has 0 saturated carbocycles. The zero-order valence-corrected chi connectivity index (χ0v) is 13.7. The van der Waals surface area contributed by atoms with Crippen LogP contribution in [-0.4, -0.2) is 38.8 Å². The largest absolute Gasteiger partial charge is 0.365 e. The average Bonchev–Trinajstić information content (AvgIpc) is 2.60. The number of hydrogen-bond donors (Lipinski definition) is 1. The number of amides is 1. The summed E-state index contributed by atoms with van der Waals surface area (Å²) in [4.78, 5) is 26.7. The molecule has 23 heavy (non-hydrogen) atoms. The first-order valence-corrected chi connectivity index (χ1v) is 7.98. The first-order chi connectivity index (χ1) is 11.2. The Morgan fingerprint density at radius 1 is 1.09 bits per heavy atom. The normalized spacial score (nSPS) is 10.3. The maximum absolute atomic E-state index is 12.4. The van der Waals surface area contributed by atoms with E-state index in [1.165, 1.54) is 6.20 Å². The van der Waals surface area contributed by atoms with Crippen molar-refractivity contribution in [3.63, 3.8) is 0 Å². The molecule has 2 rings (SSSR count). The highest BCUT2D eigenvalue weighted by Gasteiger charge is 2.15. The van der Waals surface area contributed by atoms with Gasteiger partial charge in [0.2, 0.25) is 0 Å². The Morgan fingerprint density at radius 3 is 2.35 bits per heavy atom. The summed E-state index contributed by atoms with van der Waals surface area (Å²) in [6.45, 7) is 6.26. The molecule has 0 fully saturated rings. The molecule has 0 radical (unpaired) electrons. The lowest BCUT2D eigenvalue weighted by Crippen LogP contribution is -2.33. The molecular weight excluding hydrogens is 290 g/mol. The maximum Gasteiger partial charge on any atom is 0.274 e. The second kappa shape index (κ2) is 8.82. The van der Waals surface area contributed by atoms with Crippen molar-refractivity contribution in [1.82, 2.24) is 19.9 Å². The molecule has 0 atom stereocenters. The molecular formula is C17H23N5O. The minimum Gasteiger partial charge on any atom is -0.365 e. The Bertz CT molecular complexity index is 594. The molecule has 0 spiro atoms. The van der Waals surface area contributed by atoms with E-state index in [2.05, 4.69) is 34.1 Å².